The zero-order valence-electron chi connectivity index (χ0n) is 8.52. The van der Waals surface area contributed by atoms with Crippen LogP contribution in [-0.4, -0.2) is 27.8 Å². The summed E-state index contributed by atoms with van der Waals surface area (Å²) in [7, 11) is 0. The molecule has 2 heterocycles. The number of carbonyl (C=O) groups excluding carboxylic acids is 2. The fraction of sp³-hybridized carbons (Fsp3) is 0.333. The van der Waals surface area contributed by atoms with Crippen molar-refractivity contribution < 1.29 is 9.59 Å². The van der Waals surface area contributed by atoms with Crippen LogP contribution in [0.3, 0.4) is 0 Å². The maximum atomic E-state index is 11.4. The normalized spacial score (nSPS) is 15.8. The van der Waals surface area contributed by atoms with E-state index in [1.807, 2.05) is 0 Å². The number of thioether (sulfide) groups is 1. The second-order valence-electron chi connectivity index (χ2n) is 3.19. The molecule has 0 bridgehead atoms. The van der Waals surface area contributed by atoms with Crippen molar-refractivity contribution in [2.75, 3.05) is 5.75 Å². The molecule has 0 spiro atoms. The van der Waals surface area contributed by atoms with Crippen LogP contribution < -0.4 is 5.32 Å². The van der Waals surface area contributed by atoms with E-state index in [-0.39, 0.29) is 11.8 Å². The van der Waals surface area contributed by atoms with Gasteiger partial charge in [0, 0.05) is 16.9 Å². The summed E-state index contributed by atoms with van der Waals surface area (Å²) >= 11 is 3.00. The van der Waals surface area contributed by atoms with E-state index in [1.54, 1.807) is 12.4 Å². The van der Waals surface area contributed by atoms with Gasteiger partial charge in [-0.15, -0.1) is 10.2 Å². The van der Waals surface area contributed by atoms with Gasteiger partial charge >= 0.3 is 0 Å². The molecule has 0 aliphatic carbocycles. The van der Waals surface area contributed by atoms with Crippen LogP contribution in [0.4, 0.5) is 0 Å². The first kappa shape index (κ1) is 11.3. The molecule has 1 aliphatic heterocycles. The molecule has 0 atom stereocenters. The molecule has 84 valence electrons. The van der Waals surface area contributed by atoms with Crippen molar-refractivity contribution >= 4 is 34.9 Å². The molecule has 0 unspecified atom stereocenters. The SMILES string of the molecule is CC1=C(CCSc2nncs2)C(=O)NC1=O. The summed E-state index contributed by atoms with van der Waals surface area (Å²) in [6.07, 6.45) is 0.577. The van der Waals surface area contributed by atoms with E-state index in [2.05, 4.69) is 15.5 Å². The first-order valence-corrected chi connectivity index (χ1v) is 6.49. The van der Waals surface area contributed by atoms with E-state index in [1.165, 1.54) is 23.1 Å². The van der Waals surface area contributed by atoms with E-state index in [4.69, 9.17) is 0 Å². The van der Waals surface area contributed by atoms with Crippen molar-refractivity contribution in [3.63, 3.8) is 0 Å². The smallest absolute Gasteiger partial charge is 0.254 e. The monoisotopic (exact) mass is 255 g/mol. The van der Waals surface area contributed by atoms with Crippen LogP contribution in [0.25, 0.3) is 0 Å². The number of hydrogen-bond donors (Lipinski definition) is 1. The summed E-state index contributed by atoms with van der Waals surface area (Å²) in [4.78, 5) is 22.5. The highest BCUT2D eigenvalue weighted by molar-refractivity contribution is 8.00. The molecule has 0 aromatic carbocycles. The molecule has 2 rings (SSSR count). The predicted octanol–water partition coefficient (Wildman–Crippen LogP) is 0.993. The molecule has 1 aromatic rings. The lowest BCUT2D eigenvalue weighted by Gasteiger charge is -1.98. The lowest BCUT2D eigenvalue weighted by molar-refractivity contribution is -0.124. The largest absolute Gasteiger partial charge is 0.289 e. The average molecular weight is 255 g/mol. The summed E-state index contributed by atoms with van der Waals surface area (Å²) in [5.74, 6) is 0.184. The zero-order chi connectivity index (χ0) is 11.5. The molecule has 16 heavy (non-hydrogen) atoms. The fourth-order valence-corrected chi connectivity index (χ4v) is 2.86. The Bertz CT molecular complexity index is 453. The Morgan fingerprint density at radius 3 is 2.81 bits per heavy atom. The fourth-order valence-electron chi connectivity index (χ4n) is 1.35. The molecule has 0 saturated heterocycles. The van der Waals surface area contributed by atoms with Crippen LogP contribution in [0, 0.1) is 0 Å². The van der Waals surface area contributed by atoms with Gasteiger partial charge in [0.25, 0.3) is 11.8 Å². The van der Waals surface area contributed by atoms with Crippen LogP contribution in [-0.2, 0) is 9.59 Å². The van der Waals surface area contributed by atoms with Gasteiger partial charge in [-0.1, -0.05) is 23.1 Å². The van der Waals surface area contributed by atoms with Crippen molar-refractivity contribution in [2.45, 2.75) is 17.7 Å². The quantitative estimate of drug-likeness (QED) is 0.641. The third-order valence-electron chi connectivity index (χ3n) is 2.21. The van der Waals surface area contributed by atoms with Gasteiger partial charge < -0.3 is 0 Å². The maximum absolute atomic E-state index is 11.4. The van der Waals surface area contributed by atoms with Crippen LogP contribution in [0.5, 0.6) is 0 Å². The zero-order valence-corrected chi connectivity index (χ0v) is 10.2. The molecule has 0 radical (unpaired) electrons. The summed E-state index contributed by atoms with van der Waals surface area (Å²) < 4.78 is 0.878. The molecule has 0 saturated carbocycles. The summed E-state index contributed by atoms with van der Waals surface area (Å²) in [6, 6.07) is 0. The lowest BCUT2D eigenvalue weighted by Crippen LogP contribution is -2.23. The van der Waals surface area contributed by atoms with Gasteiger partial charge in [-0.3, -0.25) is 14.9 Å². The Morgan fingerprint density at radius 2 is 2.25 bits per heavy atom. The van der Waals surface area contributed by atoms with Crippen LogP contribution in [0.15, 0.2) is 21.0 Å². The van der Waals surface area contributed by atoms with Gasteiger partial charge in [0.15, 0.2) is 4.34 Å². The van der Waals surface area contributed by atoms with Gasteiger partial charge in [0.05, 0.1) is 0 Å². The van der Waals surface area contributed by atoms with Crippen LogP contribution in [0.2, 0.25) is 0 Å². The Balaban J connectivity index is 1.91. The number of amides is 2. The van der Waals surface area contributed by atoms with Gasteiger partial charge in [0.1, 0.15) is 5.51 Å². The van der Waals surface area contributed by atoms with Crippen LogP contribution >= 0.6 is 23.1 Å². The number of carbonyl (C=O) groups is 2. The minimum Gasteiger partial charge on any atom is -0.289 e. The van der Waals surface area contributed by atoms with Crippen molar-refractivity contribution in [3.8, 4) is 0 Å². The highest BCUT2D eigenvalue weighted by Crippen LogP contribution is 2.23. The Morgan fingerprint density at radius 1 is 1.44 bits per heavy atom. The summed E-state index contributed by atoms with van der Waals surface area (Å²) in [5, 5.41) is 9.87. The Hall–Kier alpha value is -1.21. The van der Waals surface area contributed by atoms with E-state index in [0.29, 0.717) is 17.6 Å². The second-order valence-corrected chi connectivity index (χ2v) is 5.37. The highest BCUT2D eigenvalue weighted by Gasteiger charge is 2.26. The van der Waals surface area contributed by atoms with E-state index < -0.39 is 0 Å². The van der Waals surface area contributed by atoms with Crippen molar-refractivity contribution in [2.24, 2.45) is 0 Å². The van der Waals surface area contributed by atoms with Crippen molar-refractivity contribution in [3.05, 3.63) is 16.7 Å². The minimum absolute atomic E-state index is 0.264. The number of imide groups is 1. The van der Waals surface area contributed by atoms with Gasteiger partial charge in [0.2, 0.25) is 0 Å². The van der Waals surface area contributed by atoms with E-state index >= 15 is 0 Å². The number of hydrogen-bond acceptors (Lipinski definition) is 6. The summed E-state index contributed by atoms with van der Waals surface area (Å²) in [6.45, 7) is 1.67. The first-order valence-electron chi connectivity index (χ1n) is 4.63. The van der Waals surface area contributed by atoms with Crippen molar-refractivity contribution in [1.29, 1.82) is 0 Å². The number of nitrogens with zero attached hydrogens (tertiary/aromatic N) is 2. The number of rotatable bonds is 4. The average Bonchev–Trinajstić information content (AvgIpc) is 2.82. The van der Waals surface area contributed by atoms with Gasteiger partial charge in [-0.25, -0.2) is 0 Å². The summed E-state index contributed by atoms with van der Waals surface area (Å²) in [5.41, 5.74) is 2.78. The Labute approximate surface area is 100 Å². The number of nitrogens with one attached hydrogen (secondary N) is 1. The topological polar surface area (TPSA) is 72.0 Å². The second kappa shape index (κ2) is 4.75. The molecular weight excluding hydrogens is 246 g/mol. The van der Waals surface area contributed by atoms with Gasteiger partial charge in [-0.05, 0) is 13.3 Å². The number of aromatic nitrogens is 2. The minimum atomic E-state index is -0.277. The van der Waals surface area contributed by atoms with E-state index in [9.17, 15) is 9.59 Å². The molecule has 2 amide bonds. The highest BCUT2D eigenvalue weighted by atomic mass is 32.2. The molecule has 7 heteroatoms. The molecule has 1 N–H and O–H groups in total. The lowest BCUT2D eigenvalue weighted by atomic mass is 10.1. The van der Waals surface area contributed by atoms with Crippen LogP contribution in [0.1, 0.15) is 13.3 Å². The predicted molar refractivity (Wildman–Crippen MR) is 61.1 cm³/mol. The van der Waals surface area contributed by atoms with E-state index in [0.717, 1.165) is 10.1 Å². The maximum Gasteiger partial charge on any atom is 0.254 e. The third kappa shape index (κ3) is 2.30. The molecule has 0 fully saturated rings. The molecule has 1 aliphatic rings. The first-order chi connectivity index (χ1) is 7.68. The molecule has 1 aromatic heterocycles. The standard InChI is InChI=1S/C9H9N3O2S2/c1-5-6(8(14)11-7(5)13)2-3-15-9-12-10-4-16-9/h4H,2-3H2,1H3,(H,11,13,14). The van der Waals surface area contributed by atoms with Gasteiger partial charge in [-0.2, -0.15) is 0 Å². The molecule has 5 nitrogen and oxygen atoms in total. The molecular formula is C9H9N3O2S2. The third-order valence-corrected chi connectivity index (χ3v) is 4.07. The van der Waals surface area contributed by atoms with Crippen molar-refractivity contribution in [1.82, 2.24) is 15.5 Å². The Kier molecular flexibility index (Phi) is 3.35.